The number of anilines is 2. The zero-order valence-electron chi connectivity index (χ0n) is 21.6. The standard InChI is InChI=1S/C28H33N3O5S2/c1-22-12-17-27(23(2)20-22)31(38(35,36)25-10-6-5-7-11-25)21-28(32)29-24-13-15-26(16-14-24)37(33,34)30-18-8-3-4-9-19-30/h5-7,10-17,20H,3-4,8-9,18-19,21H2,1-2H3,(H,29,32). The van der Waals surface area contributed by atoms with E-state index in [-0.39, 0.29) is 9.79 Å². The van der Waals surface area contributed by atoms with Gasteiger partial charge in [0.15, 0.2) is 0 Å². The maximum absolute atomic E-state index is 13.6. The van der Waals surface area contributed by atoms with E-state index in [2.05, 4.69) is 5.32 Å². The van der Waals surface area contributed by atoms with Gasteiger partial charge in [-0.2, -0.15) is 4.31 Å². The van der Waals surface area contributed by atoms with Crippen LogP contribution >= 0.6 is 0 Å². The van der Waals surface area contributed by atoms with Crippen LogP contribution in [0, 0.1) is 13.8 Å². The lowest BCUT2D eigenvalue weighted by Crippen LogP contribution is -2.38. The number of hydrogen-bond donors (Lipinski definition) is 1. The lowest BCUT2D eigenvalue weighted by Gasteiger charge is -2.26. The number of benzene rings is 3. The lowest BCUT2D eigenvalue weighted by molar-refractivity contribution is -0.114. The van der Waals surface area contributed by atoms with Crippen molar-refractivity contribution in [2.75, 3.05) is 29.3 Å². The first kappa shape index (κ1) is 27.8. The quantitative estimate of drug-likeness (QED) is 0.434. The number of aryl methyl sites for hydroxylation is 2. The van der Waals surface area contributed by atoms with Crippen LogP contribution < -0.4 is 9.62 Å². The fraction of sp³-hybridized carbons (Fsp3) is 0.321. The average Bonchev–Trinajstić information content (AvgIpc) is 3.19. The third kappa shape index (κ3) is 6.25. The Hall–Kier alpha value is -3.21. The van der Waals surface area contributed by atoms with Crippen LogP contribution in [0.25, 0.3) is 0 Å². The van der Waals surface area contributed by atoms with E-state index in [0.717, 1.165) is 41.1 Å². The highest BCUT2D eigenvalue weighted by molar-refractivity contribution is 7.92. The molecule has 0 bridgehead atoms. The largest absolute Gasteiger partial charge is 0.325 e. The fourth-order valence-electron chi connectivity index (χ4n) is 4.58. The highest BCUT2D eigenvalue weighted by Crippen LogP contribution is 2.28. The Labute approximate surface area is 225 Å². The molecule has 1 fully saturated rings. The minimum atomic E-state index is -4.03. The Morgan fingerprint density at radius 2 is 1.45 bits per heavy atom. The third-order valence-corrected chi connectivity index (χ3v) is 10.3. The van der Waals surface area contributed by atoms with E-state index in [1.54, 1.807) is 37.3 Å². The van der Waals surface area contributed by atoms with Crippen molar-refractivity contribution in [2.45, 2.75) is 49.3 Å². The number of sulfonamides is 2. The maximum Gasteiger partial charge on any atom is 0.264 e. The smallest absolute Gasteiger partial charge is 0.264 e. The summed E-state index contributed by atoms with van der Waals surface area (Å²) in [5.41, 5.74) is 2.49. The first-order chi connectivity index (χ1) is 18.1. The molecule has 0 aliphatic carbocycles. The molecule has 10 heteroatoms. The number of carbonyl (C=O) groups is 1. The van der Waals surface area contributed by atoms with Gasteiger partial charge in [0.2, 0.25) is 15.9 Å². The minimum absolute atomic E-state index is 0.0795. The SMILES string of the molecule is Cc1ccc(N(CC(=O)Nc2ccc(S(=O)(=O)N3CCCCCC3)cc2)S(=O)(=O)c2ccccc2)c(C)c1. The van der Waals surface area contributed by atoms with Gasteiger partial charge in [0.1, 0.15) is 6.54 Å². The van der Waals surface area contributed by atoms with Gasteiger partial charge >= 0.3 is 0 Å². The van der Waals surface area contributed by atoms with Crippen LogP contribution in [0.2, 0.25) is 0 Å². The van der Waals surface area contributed by atoms with E-state index in [9.17, 15) is 21.6 Å². The molecule has 8 nitrogen and oxygen atoms in total. The first-order valence-electron chi connectivity index (χ1n) is 12.6. The van der Waals surface area contributed by atoms with E-state index in [1.165, 1.54) is 40.7 Å². The average molecular weight is 556 g/mol. The zero-order chi connectivity index (χ0) is 27.3. The predicted octanol–water partition coefficient (Wildman–Crippen LogP) is 4.70. The van der Waals surface area contributed by atoms with Gasteiger partial charge in [-0.25, -0.2) is 16.8 Å². The molecule has 1 saturated heterocycles. The van der Waals surface area contributed by atoms with Crippen LogP contribution in [-0.4, -0.2) is 46.7 Å². The van der Waals surface area contributed by atoms with Gasteiger partial charge in [-0.3, -0.25) is 9.10 Å². The third-order valence-electron chi connectivity index (χ3n) is 6.58. The minimum Gasteiger partial charge on any atom is -0.325 e. The number of nitrogens with one attached hydrogen (secondary N) is 1. The Bertz CT molecular complexity index is 1480. The molecule has 0 radical (unpaired) electrons. The van der Waals surface area contributed by atoms with Crippen LogP contribution in [0.4, 0.5) is 11.4 Å². The molecule has 0 atom stereocenters. The van der Waals surface area contributed by atoms with Gasteiger partial charge < -0.3 is 5.32 Å². The van der Waals surface area contributed by atoms with Crippen molar-refractivity contribution >= 4 is 37.3 Å². The second-order valence-corrected chi connectivity index (χ2v) is 13.3. The predicted molar refractivity (Wildman–Crippen MR) is 149 cm³/mol. The summed E-state index contributed by atoms with van der Waals surface area (Å²) < 4.78 is 55.8. The Balaban J connectivity index is 1.55. The molecule has 202 valence electrons. The summed E-state index contributed by atoms with van der Waals surface area (Å²) in [5, 5.41) is 2.71. The number of amides is 1. The summed E-state index contributed by atoms with van der Waals surface area (Å²) in [7, 11) is -7.64. The summed E-state index contributed by atoms with van der Waals surface area (Å²) in [4.78, 5) is 13.3. The molecule has 0 aromatic heterocycles. The van der Waals surface area contributed by atoms with Crippen molar-refractivity contribution in [2.24, 2.45) is 0 Å². The van der Waals surface area contributed by atoms with E-state index in [1.807, 2.05) is 13.0 Å². The summed E-state index contributed by atoms with van der Waals surface area (Å²) in [5.74, 6) is -0.549. The summed E-state index contributed by atoms with van der Waals surface area (Å²) in [6.07, 6.45) is 3.73. The summed E-state index contributed by atoms with van der Waals surface area (Å²) >= 11 is 0. The summed E-state index contributed by atoms with van der Waals surface area (Å²) in [6.45, 7) is 4.28. The van der Waals surface area contributed by atoms with E-state index >= 15 is 0 Å². The highest BCUT2D eigenvalue weighted by Gasteiger charge is 2.29. The molecule has 0 saturated carbocycles. The number of carbonyl (C=O) groups excluding carboxylic acids is 1. The second kappa shape index (κ2) is 11.7. The maximum atomic E-state index is 13.6. The number of rotatable bonds is 8. The van der Waals surface area contributed by atoms with Crippen molar-refractivity contribution in [3.8, 4) is 0 Å². The highest BCUT2D eigenvalue weighted by atomic mass is 32.2. The van der Waals surface area contributed by atoms with Crippen molar-refractivity contribution in [3.63, 3.8) is 0 Å². The normalized spacial score (nSPS) is 15.0. The molecule has 0 spiro atoms. The fourth-order valence-corrected chi connectivity index (χ4v) is 7.60. The van der Waals surface area contributed by atoms with E-state index in [0.29, 0.717) is 24.5 Å². The van der Waals surface area contributed by atoms with Crippen LogP contribution in [0.3, 0.4) is 0 Å². The molecular weight excluding hydrogens is 522 g/mol. The first-order valence-corrected chi connectivity index (χ1v) is 15.5. The molecule has 3 aromatic rings. The van der Waals surface area contributed by atoms with Gasteiger partial charge in [-0.15, -0.1) is 0 Å². The van der Waals surface area contributed by atoms with Crippen molar-refractivity contribution < 1.29 is 21.6 Å². The molecule has 1 amide bonds. The molecule has 38 heavy (non-hydrogen) atoms. The summed E-state index contributed by atoms with van der Waals surface area (Å²) in [6, 6.07) is 19.3. The van der Waals surface area contributed by atoms with Gasteiger partial charge in [0.05, 0.1) is 15.5 Å². The molecular formula is C28H33N3O5S2. The Morgan fingerprint density at radius 3 is 2.05 bits per heavy atom. The van der Waals surface area contributed by atoms with Crippen molar-refractivity contribution in [1.82, 2.24) is 4.31 Å². The molecule has 1 aliphatic heterocycles. The molecule has 4 rings (SSSR count). The van der Waals surface area contributed by atoms with Crippen LogP contribution in [0.15, 0.2) is 82.6 Å². The van der Waals surface area contributed by atoms with E-state index < -0.39 is 32.5 Å². The monoisotopic (exact) mass is 555 g/mol. The molecule has 1 aliphatic rings. The van der Waals surface area contributed by atoms with E-state index in [4.69, 9.17) is 0 Å². The lowest BCUT2D eigenvalue weighted by atomic mass is 10.1. The zero-order valence-corrected chi connectivity index (χ0v) is 23.3. The van der Waals surface area contributed by atoms with Gasteiger partial charge in [-0.1, -0.05) is 48.7 Å². The van der Waals surface area contributed by atoms with Crippen LogP contribution in [0.5, 0.6) is 0 Å². The van der Waals surface area contributed by atoms with Gasteiger partial charge in [0, 0.05) is 18.8 Å². The van der Waals surface area contributed by atoms with Gasteiger partial charge in [0.25, 0.3) is 10.0 Å². The molecule has 1 heterocycles. The van der Waals surface area contributed by atoms with Crippen molar-refractivity contribution in [3.05, 3.63) is 83.9 Å². The molecule has 0 unspecified atom stereocenters. The van der Waals surface area contributed by atoms with Crippen LogP contribution in [0.1, 0.15) is 36.8 Å². The number of hydrogen-bond acceptors (Lipinski definition) is 5. The van der Waals surface area contributed by atoms with Crippen LogP contribution in [-0.2, 0) is 24.8 Å². The topological polar surface area (TPSA) is 104 Å². The Kier molecular flexibility index (Phi) is 8.54. The molecule has 3 aromatic carbocycles. The van der Waals surface area contributed by atoms with Crippen molar-refractivity contribution in [1.29, 1.82) is 0 Å². The second-order valence-electron chi connectivity index (χ2n) is 9.51. The molecule has 1 N–H and O–H groups in total. The Morgan fingerprint density at radius 1 is 0.816 bits per heavy atom. The number of nitrogens with zero attached hydrogens (tertiary/aromatic N) is 2. The van der Waals surface area contributed by atoms with Gasteiger partial charge in [-0.05, 0) is 74.7 Å².